The summed E-state index contributed by atoms with van der Waals surface area (Å²) in [4.78, 5) is 23.6. The number of carbonyl (C=O) groups excluding carboxylic acids is 2. The van der Waals surface area contributed by atoms with Crippen molar-refractivity contribution in [1.82, 2.24) is 0 Å². The second-order valence-electron chi connectivity index (χ2n) is 7.66. The zero-order chi connectivity index (χ0) is 21.3. The first-order valence-corrected chi connectivity index (χ1v) is 11.5. The standard InChI is InChI=1S/C24H37ClO4/c1-3-4-5-6-7-8-9-10-11-12-18-28-23(26)14-13-15-24(27)29-22-19-20(2)16-17-21(22)25/h16-17,19H,3-15,18H2,1-2H3. The van der Waals surface area contributed by atoms with Crippen LogP contribution in [0.5, 0.6) is 5.75 Å². The second kappa shape index (κ2) is 16.3. The first-order valence-electron chi connectivity index (χ1n) is 11.2. The lowest BCUT2D eigenvalue weighted by Crippen LogP contribution is -2.11. The topological polar surface area (TPSA) is 52.6 Å². The van der Waals surface area contributed by atoms with Gasteiger partial charge in [0.05, 0.1) is 11.6 Å². The van der Waals surface area contributed by atoms with Gasteiger partial charge in [0.15, 0.2) is 0 Å². The van der Waals surface area contributed by atoms with Crippen LogP contribution in [-0.4, -0.2) is 18.5 Å². The number of ether oxygens (including phenoxy) is 2. The first-order chi connectivity index (χ1) is 14.0. The summed E-state index contributed by atoms with van der Waals surface area (Å²) < 4.78 is 10.5. The van der Waals surface area contributed by atoms with Gasteiger partial charge in [-0.3, -0.25) is 9.59 Å². The molecule has 1 aromatic rings. The Morgan fingerprint density at radius 2 is 1.41 bits per heavy atom. The molecule has 0 radical (unpaired) electrons. The van der Waals surface area contributed by atoms with Crippen LogP contribution in [0.15, 0.2) is 18.2 Å². The van der Waals surface area contributed by atoms with Crippen molar-refractivity contribution in [1.29, 1.82) is 0 Å². The highest BCUT2D eigenvalue weighted by molar-refractivity contribution is 6.32. The van der Waals surface area contributed by atoms with Crippen LogP contribution in [0.4, 0.5) is 0 Å². The quantitative estimate of drug-likeness (QED) is 0.160. The van der Waals surface area contributed by atoms with Gasteiger partial charge in [0.2, 0.25) is 0 Å². The van der Waals surface area contributed by atoms with Crippen molar-refractivity contribution in [3.8, 4) is 5.75 Å². The largest absolute Gasteiger partial charge is 0.466 e. The normalized spacial score (nSPS) is 10.7. The molecule has 0 heterocycles. The molecule has 0 aliphatic rings. The SMILES string of the molecule is CCCCCCCCCCCCOC(=O)CCCC(=O)Oc1cc(C)ccc1Cl. The van der Waals surface area contributed by atoms with Crippen molar-refractivity contribution in [2.75, 3.05) is 6.61 Å². The molecule has 0 aromatic heterocycles. The van der Waals surface area contributed by atoms with Crippen LogP contribution in [0.25, 0.3) is 0 Å². The van der Waals surface area contributed by atoms with E-state index in [1.165, 1.54) is 51.4 Å². The van der Waals surface area contributed by atoms with Gasteiger partial charge in [-0.05, 0) is 37.5 Å². The maximum Gasteiger partial charge on any atom is 0.311 e. The van der Waals surface area contributed by atoms with Gasteiger partial charge in [0.25, 0.3) is 0 Å². The predicted molar refractivity (Wildman–Crippen MR) is 118 cm³/mol. The van der Waals surface area contributed by atoms with Crippen LogP contribution in [0, 0.1) is 6.92 Å². The Bertz CT molecular complexity index is 601. The van der Waals surface area contributed by atoms with Crippen molar-refractivity contribution in [2.24, 2.45) is 0 Å². The molecule has 0 aliphatic carbocycles. The number of unbranched alkanes of at least 4 members (excludes halogenated alkanes) is 9. The molecule has 0 atom stereocenters. The number of hydrogen-bond acceptors (Lipinski definition) is 4. The fraction of sp³-hybridized carbons (Fsp3) is 0.667. The van der Waals surface area contributed by atoms with Gasteiger partial charge < -0.3 is 9.47 Å². The van der Waals surface area contributed by atoms with Crippen molar-refractivity contribution >= 4 is 23.5 Å². The van der Waals surface area contributed by atoms with E-state index in [1.54, 1.807) is 12.1 Å². The molecule has 1 aromatic carbocycles. The third kappa shape index (κ3) is 13.3. The average molecular weight is 425 g/mol. The van der Waals surface area contributed by atoms with E-state index in [4.69, 9.17) is 21.1 Å². The van der Waals surface area contributed by atoms with Gasteiger partial charge in [-0.2, -0.15) is 0 Å². The summed E-state index contributed by atoms with van der Waals surface area (Å²) in [5.74, 6) is -0.275. The summed E-state index contributed by atoms with van der Waals surface area (Å²) in [6.45, 7) is 4.61. The summed E-state index contributed by atoms with van der Waals surface area (Å²) >= 11 is 6.01. The van der Waals surface area contributed by atoms with E-state index in [1.807, 2.05) is 13.0 Å². The number of aryl methyl sites for hydroxylation is 1. The molecule has 0 bridgehead atoms. The number of benzene rings is 1. The molecule has 0 saturated carbocycles. The first kappa shape index (κ1) is 25.5. The van der Waals surface area contributed by atoms with Gasteiger partial charge in [-0.25, -0.2) is 0 Å². The van der Waals surface area contributed by atoms with E-state index in [-0.39, 0.29) is 24.8 Å². The van der Waals surface area contributed by atoms with Crippen LogP contribution < -0.4 is 4.74 Å². The van der Waals surface area contributed by atoms with Crippen LogP contribution in [-0.2, 0) is 14.3 Å². The van der Waals surface area contributed by atoms with Gasteiger partial charge in [-0.1, -0.05) is 82.4 Å². The molecule has 4 nitrogen and oxygen atoms in total. The monoisotopic (exact) mass is 424 g/mol. The van der Waals surface area contributed by atoms with Crippen molar-refractivity contribution < 1.29 is 19.1 Å². The molecule has 0 aliphatic heterocycles. The van der Waals surface area contributed by atoms with E-state index in [0.717, 1.165) is 18.4 Å². The molecule has 5 heteroatoms. The number of esters is 2. The number of carbonyl (C=O) groups is 2. The minimum absolute atomic E-state index is 0.164. The number of halogens is 1. The fourth-order valence-corrected chi connectivity index (χ4v) is 3.24. The molecule has 0 amide bonds. The highest BCUT2D eigenvalue weighted by atomic mass is 35.5. The molecule has 0 N–H and O–H groups in total. The lowest BCUT2D eigenvalue weighted by molar-refractivity contribution is -0.144. The Morgan fingerprint density at radius 1 is 0.828 bits per heavy atom. The van der Waals surface area contributed by atoms with E-state index in [2.05, 4.69) is 6.92 Å². The van der Waals surface area contributed by atoms with Crippen LogP contribution in [0.1, 0.15) is 96.0 Å². The second-order valence-corrected chi connectivity index (χ2v) is 8.07. The maximum absolute atomic E-state index is 11.9. The molecule has 1 rings (SSSR count). The van der Waals surface area contributed by atoms with Gasteiger partial charge in [0.1, 0.15) is 5.75 Å². The Balaban J connectivity index is 1.97. The van der Waals surface area contributed by atoms with Crippen molar-refractivity contribution in [2.45, 2.75) is 97.3 Å². The Hall–Kier alpha value is -1.55. The van der Waals surface area contributed by atoms with Crippen molar-refractivity contribution in [3.05, 3.63) is 28.8 Å². The highest BCUT2D eigenvalue weighted by Crippen LogP contribution is 2.25. The Kier molecular flexibility index (Phi) is 14.3. The fourth-order valence-electron chi connectivity index (χ4n) is 3.09. The third-order valence-electron chi connectivity index (χ3n) is 4.83. The summed E-state index contributed by atoms with van der Waals surface area (Å²) in [6.07, 6.45) is 13.3. The van der Waals surface area contributed by atoms with E-state index < -0.39 is 0 Å². The number of hydrogen-bond donors (Lipinski definition) is 0. The Morgan fingerprint density at radius 3 is 2.07 bits per heavy atom. The molecule has 0 spiro atoms. The summed E-state index contributed by atoms with van der Waals surface area (Å²) in [7, 11) is 0. The van der Waals surface area contributed by atoms with E-state index >= 15 is 0 Å². The van der Waals surface area contributed by atoms with Gasteiger partial charge in [-0.15, -0.1) is 0 Å². The zero-order valence-electron chi connectivity index (χ0n) is 18.1. The van der Waals surface area contributed by atoms with Crippen LogP contribution >= 0.6 is 11.6 Å². The molecule has 164 valence electrons. The third-order valence-corrected chi connectivity index (χ3v) is 5.15. The minimum Gasteiger partial charge on any atom is -0.466 e. The van der Waals surface area contributed by atoms with Gasteiger partial charge >= 0.3 is 11.9 Å². The predicted octanol–water partition coefficient (Wildman–Crippen LogP) is 7.19. The Labute approximate surface area is 181 Å². The highest BCUT2D eigenvalue weighted by Gasteiger charge is 2.10. The summed E-state index contributed by atoms with van der Waals surface area (Å²) in [6, 6.07) is 5.27. The van der Waals surface area contributed by atoms with Crippen molar-refractivity contribution in [3.63, 3.8) is 0 Å². The summed E-state index contributed by atoms with van der Waals surface area (Å²) in [5.41, 5.74) is 0.966. The lowest BCUT2D eigenvalue weighted by Gasteiger charge is -2.07. The smallest absolute Gasteiger partial charge is 0.311 e. The lowest BCUT2D eigenvalue weighted by atomic mass is 10.1. The van der Waals surface area contributed by atoms with Gasteiger partial charge in [0, 0.05) is 12.8 Å². The zero-order valence-corrected chi connectivity index (χ0v) is 18.9. The molecule has 29 heavy (non-hydrogen) atoms. The molecule has 0 unspecified atom stereocenters. The van der Waals surface area contributed by atoms with E-state index in [9.17, 15) is 9.59 Å². The van der Waals surface area contributed by atoms with Crippen LogP contribution in [0.3, 0.4) is 0 Å². The average Bonchev–Trinajstić information content (AvgIpc) is 2.69. The minimum atomic E-state index is -0.389. The summed E-state index contributed by atoms with van der Waals surface area (Å²) in [5, 5.41) is 0.403. The maximum atomic E-state index is 11.9. The van der Waals surface area contributed by atoms with E-state index in [0.29, 0.717) is 23.8 Å². The number of rotatable bonds is 16. The molecule has 0 fully saturated rings. The molecular weight excluding hydrogens is 388 g/mol. The van der Waals surface area contributed by atoms with Crippen LogP contribution in [0.2, 0.25) is 5.02 Å². The molecule has 0 saturated heterocycles. The molecular formula is C24H37ClO4.